The summed E-state index contributed by atoms with van der Waals surface area (Å²) in [6, 6.07) is 7.43. The maximum atomic E-state index is 10.4. The first-order valence-corrected chi connectivity index (χ1v) is 4.20. The Kier molecular flexibility index (Phi) is 3.41. The van der Waals surface area contributed by atoms with Gasteiger partial charge < -0.3 is 5.73 Å². The number of rotatable bonds is 1. The highest BCUT2D eigenvalue weighted by Gasteiger charge is 1.91. The summed E-state index contributed by atoms with van der Waals surface area (Å²) in [5.74, 6) is 5.07. The van der Waals surface area contributed by atoms with Crippen LogP contribution < -0.4 is 5.73 Å². The van der Waals surface area contributed by atoms with E-state index in [0.717, 1.165) is 10.5 Å². The van der Waals surface area contributed by atoms with E-state index >= 15 is 0 Å². The van der Waals surface area contributed by atoms with E-state index < -0.39 is 5.91 Å². The van der Waals surface area contributed by atoms with Crippen molar-refractivity contribution in [3.63, 3.8) is 0 Å². The summed E-state index contributed by atoms with van der Waals surface area (Å²) in [6.07, 6.45) is 0.0854. The van der Waals surface area contributed by atoms with Crippen molar-refractivity contribution in [3.8, 4) is 11.8 Å². The van der Waals surface area contributed by atoms with E-state index in [2.05, 4.69) is 24.5 Å². The van der Waals surface area contributed by atoms with Gasteiger partial charge in [0.05, 0.1) is 6.42 Å². The molecular formula is C10H9NOS. The highest BCUT2D eigenvalue weighted by molar-refractivity contribution is 7.80. The number of carbonyl (C=O) groups is 1. The van der Waals surface area contributed by atoms with Gasteiger partial charge in [0.2, 0.25) is 5.91 Å². The van der Waals surface area contributed by atoms with Crippen LogP contribution in [0.5, 0.6) is 0 Å². The van der Waals surface area contributed by atoms with Gasteiger partial charge in [-0.2, -0.15) is 0 Å². The number of primary amides is 1. The van der Waals surface area contributed by atoms with Crippen molar-refractivity contribution in [3.05, 3.63) is 29.8 Å². The predicted molar refractivity (Wildman–Crippen MR) is 54.4 cm³/mol. The zero-order valence-electron chi connectivity index (χ0n) is 6.95. The molecular weight excluding hydrogens is 182 g/mol. The number of amides is 1. The van der Waals surface area contributed by atoms with Gasteiger partial charge in [0, 0.05) is 10.5 Å². The normalized spacial score (nSPS) is 8.69. The van der Waals surface area contributed by atoms with Crippen molar-refractivity contribution in [2.75, 3.05) is 0 Å². The Hall–Kier alpha value is -1.40. The molecule has 1 aromatic carbocycles. The maximum Gasteiger partial charge on any atom is 0.229 e. The Balaban J connectivity index is 2.77. The van der Waals surface area contributed by atoms with E-state index in [0.29, 0.717) is 0 Å². The molecule has 1 amide bonds. The van der Waals surface area contributed by atoms with Gasteiger partial charge in [0.15, 0.2) is 0 Å². The minimum atomic E-state index is -0.413. The lowest BCUT2D eigenvalue weighted by Gasteiger charge is -1.93. The molecule has 0 saturated carbocycles. The number of benzene rings is 1. The minimum Gasteiger partial charge on any atom is -0.369 e. The predicted octanol–water partition coefficient (Wildman–Crippen LogP) is 1.20. The monoisotopic (exact) mass is 191 g/mol. The van der Waals surface area contributed by atoms with Crippen LogP contribution in [0.25, 0.3) is 0 Å². The van der Waals surface area contributed by atoms with E-state index in [1.807, 2.05) is 24.3 Å². The molecule has 1 rings (SSSR count). The Morgan fingerprint density at radius 3 is 2.77 bits per heavy atom. The Morgan fingerprint density at radius 2 is 2.15 bits per heavy atom. The molecule has 2 N–H and O–H groups in total. The summed E-state index contributed by atoms with van der Waals surface area (Å²) in [7, 11) is 0. The van der Waals surface area contributed by atoms with Crippen molar-refractivity contribution >= 4 is 18.5 Å². The lowest BCUT2D eigenvalue weighted by Crippen LogP contribution is -2.08. The highest BCUT2D eigenvalue weighted by atomic mass is 32.1. The van der Waals surface area contributed by atoms with E-state index in [1.54, 1.807) is 0 Å². The molecule has 0 aliphatic heterocycles. The fourth-order valence-corrected chi connectivity index (χ4v) is 1.02. The van der Waals surface area contributed by atoms with Gasteiger partial charge in [-0.3, -0.25) is 4.79 Å². The van der Waals surface area contributed by atoms with Crippen LogP contribution in [0.15, 0.2) is 29.2 Å². The highest BCUT2D eigenvalue weighted by Crippen LogP contribution is 2.10. The van der Waals surface area contributed by atoms with Gasteiger partial charge in [0.25, 0.3) is 0 Å². The van der Waals surface area contributed by atoms with Crippen LogP contribution in [0.2, 0.25) is 0 Å². The quantitative estimate of drug-likeness (QED) is 0.508. The third-order valence-corrected chi connectivity index (χ3v) is 1.78. The number of nitrogens with two attached hydrogens (primary N) is 1. The average Bonchev–Trinajstić information content (AvgIpc) is 2.08. The molecule has 0 heterocycles. The fourth-order valence-electron chi connectivity index (χ4n) is 0.806. The summed E-state index contributed by atoms with van der Waals surface area (Å²) >= 11 is 4.20. The average molecular weight is 191 g/mol. The van der Waals surface area contributed by atoms with Gasteiger partial charge >= 0.3 is 0 Å². The van der Waals surface area contributed by atoms with Crippen LogP contribution in [0.1, 0.15) is 12.0 Å². The van der Waals surface area contributed by atoms with Crippen molar-refractivity contribution in [2.45, 2.75) is 11.3 Å². The Bertz CT molecular complexity index is 376. The number of carbonyl (C=O) groups excluding carboxylic acids is 1. The van der Waals surface area contributed by atoms with E-state index in [1.165, 1.54) is 0 Å². The molecule has 0 aliphatic carbocycles. The minimum absolute atomic E-state index is 0.0854. The second-order valence-corrected chi connectivity index (χ2v) is 2.94. The lowest BCUT2D eigenvalue weighted by atomic mass is 10.2. The zero-order valence-corrected chi connectivity index (χ0v) is 7.84. The first-order chi connectivity index (χ1) is 6.20. The summed E-state index contributed by atoms with van der Waals surface area (Å²) in [4.78, 5) is 11.2. The molecule has 0 bridgehead atoms. The van der Waals surface area contributed by atoms with E-state index in [4.69, 9.17) is 5.73 Å². The molecule has 0 unspecified atom stereocenters. The summed E-state index contributed by atoms with van der Waals surface area (Å²) in [6.45, 7) is 0. The van der Waals surface area contributed by atoms with Gasteiger partial charge in [-0.25, -0.2) is 0 Å². The van der Waals surface area contributed by atoms with Gasteiger partial charge in [-0.15, -0.1) is 12.6 Å². The van der Waals surface area contributed by atoms with Crippen LogP contribution in [-0.4, -0.2) is 5.91 Å². The van der Waals surface area contributed by atoms with Crippen LogP contribution >= 0.6 is 12.6 Å². The van der Waals surface area contributed by atoms with Crippen molar-refractivity contribution in [2.24, 2.45) is 5.73 Å². The van der Waals surface area contributed by atoms with Gasteiger partial charge in [-0.1, -0.05) is 24.0 Å². The fraction of sp³-hybridized carbons (Fsp3) is 0.100. The van der Waals surface area contributed by atoms with Crippen molar-refractivity contribution < 1.29 is 4.79 Å². The number of hydrogen-bond donors (Lipinski definition) is 2. The summed E-state index contributed by atoms with van der Waals surface area (Å²) in [5, 5.41) is 0. The molecule has 0 radical (unpaired) electrons. The second kappa shape index (κ2) is 4.58. The first kappa shape index (κ1) is 9.69. The van der Waals surface area contributed by atoms with E-state index in [9.17, 15) is 4.79 Å². The van der Waals surface area contributed by atoms with Gasteiger partial charge in [0.1, 0.15) is 0 Å². The van der Waals surface area contributed by atoms with Crippen LogP contribution in [0.4, 0.5) is 0 Å². The standard InChI is InChI=1S/C10H9NOS/c11-10(12)7-3-5-8-4-1-2-6-9(8)13/h1-2,4,6,13H,7H2,(H2,11,12). The third kappa shape index (κ3) is 3.22. The molecule has 66 valence electrons. The van der Waals surface area contributed by atoms with Crippen LogP contribution in [0, 0.1) is 11.8 Å². The molecule has 2 nitrogen and oxygen atoms in total. The second-order valence-electron chi connectivity index (χ2n) is 2.46. The molecule has 0 aliphatic rings. The molecule has 13 heavy (non-hydrogen) atoms. The molecule has 0 atom stereocenters. The summed E-state index contributed by atoms with van der Waals surface area (Å²) < 4.78 is 0. The number of thiol groups is 1. The summed E-state index contributed by atoms with van der Waals surface area (Å²) in [5.41, 5.74) is 5.75. The molecule has 0 aromatic heterocycles. The maximum absolute atomic E-state index is 10.4. The molecule has 0 saturated heterocycles. The molecule has 3 heteroatoms. The van der Waals surface area contributed by atoms with Gasteiger partial charge in [-0.05, 0) is 12.1 Å². The van der Waals surface area contributed by atoms with E-state index in [-0.39, 0.29) is 6.42 Å². The third-order valence-electron chi connectivity index (χ3n) is 1.39. The Labute approximate surface area is 82.5 Å². The van der Waals surface area contributed by atoms with Crippen molar-refractivity contribution in [1.29, 1.82) is 0 Å². The molecule has 0 fully saturated rings. The van der Waals surface area contributed by atoms with Crippen molar-refractivity contribution in [1.82, 2.24) is 0 Å². The molecule has 0 spiro atoms. The smallest absolute Gasteiger partial charge is 0.229 e. The topological polar surface area (TPSA) is 43.1 Å². The zero-order chi connectivity index (χ0) is 9.68. The van der Waals surface area contributed by atoms with Crippen LogP contribution in [-0.2, 0) is 4.79 Å². The largest absolute Gasteiger partial charge is 0.369 e. The SMILES string of the molecule is NC(=O)CC#Cc1ccccc1S. The molecule has 1 aromatic rings. The lowest BCUT2D eigenvalue weighted by molar-refractivity contribution is -0.117. The number of hydrogen-bond acceptors (Lipinski definition) is 2. The first-order valence-electron chi connectivity index (χ1n) is 3.75. The Morgan fingerprint density at radius 1 is 1.46 bits per heavy atom. The van der Waals surface area contributed by atoms with Crippen LogP contribution in [0.3, 0.4) is 0 Å².